The molecule has 0 saturated carbocycles. The smallest absolute Gasteiger partial charge is 0.227 e. The van der Waals surface area contributed by atoms with E-state index in [9.17, 15) is 4.79 Å². The van der Waals surface area contributed by atoms with Gasteiger partial charge in [-0.15, -0.1) is 12.4 Å². The Morgan fingerprint density at radius 3 is 2.77 bits per heavy atom. The van der Waals surface area contributed by atoms with E-state index in [0.29, 0.717) is 13.0 Å². The minimum atomic E-state index is 0. The fraction of sp³-hybridized carbons (Fsp3) is 0.588. The van der Waals surface area contributed by atoms with Crippen molar-refractivity contribution < 1.29 is 9.53 Å². The van der Waals surface area contributed by atoms with Gasteiger partial charge in [0, 0.05) is 13.1 Å². The molecule has 4 nitrogen and oxygen atoms in total. The molecular formula is C17H27ClN2O2. The average molecular weight is 327 g/mol. The number of carbonyl (C=O) groups is 1. The van der Waals surface area contributed by atoms with Crippen LogP contribution >= 0.6 is 12.4 Å². The molecule has 1 heterocycles. The molecule has 1 saturated heterocycles. The summed E-state index contributed by atoms with van der Waals surface area (Å²) >= 11 is 0. The maximum atomic E-state index is 12.4. The molecule has 22 heavy (non-hydrogen) atoms. The number of nitrogens with two attached hydrogens (primary N) is 1. The van der Waals surface area contributed by atoms with Gasteiger partial charge < -0.3 is 15.4 Å². The van der Waals surface area contributed by atoms with E-state index in [-0.39, 0.29) is 29.8 Å². The third-order valence-corrected chi connectivity index (χ3v) is 4.03. The van der Waals surface area contributed by atoms with Crippen molar-refractivity contribution in [1.29, 1.82) is 0 Å². The van der Waals surface area contributed by atoms with Crippen LogP contribution < -0.4 is 10.5 Å². The molecule has 1 unspecified atom stereocenters. The maximum Gasteiger partial charge on any atom is 0.227 e. The van der Waals surface area contributed by atoms with Crippen LogP contribution in [0.2, 0.25) is 0 Å². The van der Waals surface area contributed by atoms with Crippen molar-refractivity contribution in [2.75, 3.05) is 19.6 Å². The first-order valence-electron chi connectivity index (χ1n) is 7.65. The average Bonchev–Trinajstić information content (AvgIpc) is 2.82. The molecule has 1 amide bonds. The zero-order chi connectivity index (χ0) is 15.5. The van der Waals surface area contributed by atoms with Crippen LogP contribution in [0, 0.1) is 5.41 Å². The van der Waals surface area contributed by atoms with Gasteiger partial charge in [0.1, 0.15) is 5.75 Å². The Labute approximate surface area is 139 Å². The molecule has 0 radical (unpaired) electrons. The Balaban J connectivity index is 0.00000242. The van der Waals surface area contributed by atoms with Gasteiger partial charge in [-0.05, 0) is 49.9 Å². The van der Waals surface area contributed by atoms with Gasteiger partial charge in [0.2, 0.25) is 5.91 Å². The third-order valence-electron chi connectivity index (χ3n) is 4.03. The first-order valence-corrected chi connectivity index (χ1v) is 7.65. The van der Waals surface area contributed by atoms with E-state index in [4.69, 9.17) is 10.5 Å². The van der Waals surface area contributed by atoms with Gasteiger partial charge in [-0.1, -0.05) is 19.1 Å². The van der Waals surface area contributed by atoms with E-state index < -0.39 is 0 Å². The fourth-order valence-electron chi connectivity index (χ4n) is 2.69. The number of hydrogen-bond acceptors (Lipinski definition) is 3. The van der Waals surface area contributed by atoms with Gasteiger partial charge in [0.25, 0.3) is 0 Å². The molecule has 1 fully saturated rings. The van der Waals surface area contributed by atoms with Crippen LogP contribution in [-0.4, -0.2) is 36.5 Å². The van der Waals surface area contributed by atoms with E-state index in [1.165, 1.54) is 0 Å². The van der Waals surface area contributed by atoms with Crippen LogP contribution in [0.5, 0.6) is 5.75 Å². The van der Waals surface area contributed by atoms with Crippen LogP contribution in [0.3, 0.4) is 0 Å². The van der Waals surface area contributed by atoms with Crippen LogP contribution in [0.25, 0.3) is 0 Å². The third kappa shape index (κ3) is 4.89. The van der Waals surface area contributed by atoms with E-state index in [1.807, 2.05) is 43.0 Å². The Morgan fingerprint density at radius 2 is 2.18 bits per heavy atom. The van der Waals surface area contributed by atoms with E-state index in [0.717, 1.165) is 30.8 Å². The van der Waals surface area contributed by atoms with Gasteiger partial charge in [-0.2, -0.15) is 0 Å². The summed E-state index contributed by atoms with van der Waals surface area (Å²) in [7, 11) is 0. The topological polar surface area (TPSA) is 55.6 Å². The second-order valence-electron chi connectivity index (χ2n) is 6.57. The summed E-state index contributed by atoms with van der Waals surface area (Å²) in [6.07, 6.45) is 1.56. The molecule has 0 aliphatic carbocycles. The lowest BCUT2D eigenvalue weighted by Crippen LogP contribution is -2.35. The van der Waals surface area contributed by atoms with Crippen LogP contribution in [0.15, 0.2) is 24.3 Å². The van der Waals surface area contributed by atoms with Crippen LogP contribution in [0.1, 0.15) is 32.8 Å². The zero-order valence-corrected chi connectivity index (χ0v) is 14.5. The van der Waals surface area contributed by atoms with E-state index in [1.54, 1.807) is 0 Å². The van der Waals surface area contributed by atoms with Crippen molar-refractivity contribution in [3.63, 3.8) is 0 Å². The minimum Gasteiger partial charge on any atom is -0.491 e. The predicted octanol–water partition coefficient (Wildman–Crippen LogP) is 2.64. The van der Waals surface area contributed by atoms with Gasteiger partial charge in [-0.3, -0.25) is 4.79 Å². The van der Waals surface area contributed by atoms with Crippen molar-refractivity contribution in [3.8, 4) is 5.75 Å². The van der Waals surface area contributed by atoms with Crippen molar-refractivity contribution in [2.45, 2.75) is 39.7 Å². The summed E-state index contributed by atoms with van der Waals surface area (Å²) in [4.78, 5) is 14.3. The number of benzene rings is 1. The number of halogens is 1. The summed E-state index contributed by atoms with van der Waals surface area (Å²) in [5.41, 5.74) is 6.88. The number of likely N-dealkylation sites (tertiary alicyclic amines) is 1. The Hall–Kier alpha value is -1.26. The number of rotatable bonds is 5. The maximum absolute atomic E-state index is 12.4. The molecular weight excluding hydrogens is 300 g/mol. The van der Waals surface area contributed by atoms with Crippen molar-refractivity contribution in [2.24, 2.45) is 11.1 Å². The number of hydrogen-bond donors (Lipinski definition) is 1. The van der Waals surface area contributed by atoms with Gasteiger partial charge >= 0.3 is 0 Å². The minimum absolute atomic E-state index is 0. The predicted molar refractivity (Wildman–Crippen MR) is 91.5 cm³/mol. The molecule has 2 N–H and O–H groups in total. The highest BCUT2D eigenvalue weighted by Gasteiger charge is 2.34. The number of nitrogens with zero attached hydrogens (tertiary/aromatic N) is 1. The molecule has 1 atom stereocenters. The Morgan fingerprint density at radius 1 is 1.45 bits per heavy atom. The lowest BCUT2D eigenvalue weighted by molar-refractivity contribution is -0.129. The molecule has 124 valence electrons. The van der Waals surface area contributed by atoms with Crippen molar-refractivity contribution in [1.82, 2.24) is 4.90 Å². The molecule has 1 aliphatic rings. The van der Waals surface area contributed by atoms with Gasteiger partial charge in [0.15, 0.2) is 0 Å². The normalized spacial score (nSPS) is 20.9. The first kappa shape index (κ1) is 18.8. The number of carbonyl (C=O) groups excluding carboxylic acids is 1. The van der Waals surface area contributed by atoms with E-state index in [2.05, 4.69) is 6.92 Å². The summed E-state index contributed by atoms with van der Waals surface area (Å²) in [5.74, 6) is 0.998. The zero-order valence-electron chi connectivity index (χ0n) is 13.7. The highest BCUT2D eigenvalue weighted by Crippen LogP contribution is 2.29. The quantitative estimate of drug-likeness (QED) is 0.905. The SMILES string of the molecule is CC(C)Oc1cccc(CC(=O)N2CCC(C)(CN)C2)c1.Cl. The molecule has 0 bridgehead atoms. The highest BCUT2D eigenvalue weighted by molar-refractivity contribution is 5.85. The van der Waals surface area contributed by atoms with Crippen molar-refractivity contribution in [3.05, 3.63) is 29.8 Å². The Kier molecular flexibility index (Phi) is 6.69. The molecule has 0 aromatic heterocycles. The van der Waals surface area contributed by atoms with Crippen molar-refractivity contribution >= 4 is 18.3 Å². The molecule has 5 heteroatoms. The molecule has 1 aliphatic heterocycles. The summed E-state index contributed by atoms with van der Waals surface area (Å²) < 4.78 is 5.67. The second kappa shape index (κ2) is 7.84. The molecule has 1 aromatic rings. The summed E-state index contributed by atoms with van der Waals surface area (Å²) in [5, 5.41) is 0. The number of amides is 1. The van der Waals surface area contributed by atoms with Gasteiger partial charge in [0.05, 0.1) is 12.5 Å². The first-order chi connectivity index (χ1) is 9.92. The second-order valence-corrected chi connectivity index (χ2v) is 6.57. The summed E-state index contributed by atoms with van der Waals surface area (Å²) in [6.45, 7) is 8.36. The molecule has 1 aromatic carbocycles. The molecule has 2 rings (SSSR count). The molecule has 0 spiro atoms. The summed E-state index contributed by atoms with van der Waals surface area (Å²) in [6, 6.07) is 7.79. The van der Waals surface area contributed by atoms with Crippen LogP contribution in [0.4, 0.5) is 0 Å². The Bertz CT molecular complexity index is 507. The lowest BCUT2D eigenvalue weighted by atomic mass is 9.90. The van der Waals surface area contributed by atoms with Crippen LogP contribution in [-0.2, 0) is 11.2 Å². The largest absolute Gasteiger partial charge is 0.491 e. The highest BCUT2D eigenvalue weighted by atomic mass is 35.5. The van der Waals surface area contributed by atoms with Gasteiger partial charge in [-0.25, -0.2) is 0 Å². The monoisotopic (exact) mass is 326 g/mol. The number of ether oxygens (including phenoxy) is 1. The fourth-order valence-corrected chi connectivity index (χ4v) is 2.69. The lowest BCUT2D eigenvalue weighted by Gasteiger charge is -2.22. The standard InChI is InChI=1S/C17H26N2O2.ClH/c1-13(2)21-15-6-4-5-14(9-15)10-16(20)19-8-7-17(3,11-18)12-19;/h4-6,9,13H,7-8,10-12,18H2,1-3H3;1H. The van der Waals surface area contributed by atoms with E-state index >= 15 is 0 Å².